The third-order valence-corrected chi connectivity index (χ3v) is 4.63. The number of rotatable bonds is 3. The highest BCUT2D eigenvalue weighted by atomic mass is 35.5. The highest BCUT2D eigenvalue weighted by Gasteiger charge is 2.40. The first-order valence-electron chi connectivity index (χ1n) is 8.01. The molecule has 24 heavy (non-hydrogen) atoms. The average Bonchev–Trinajstić information content (AvgIpc) is 2.84. The first-order chi connectivity index (χ1) is 11.0. The lowest BCUT2D eigenvalue weighted by Gasteiger charge is -2.27. The largest absolute Gasteiger partial charge is 0.326 e. The number of benzene rings is 1. The van der Waals surface area contributed by atoms with Crippen LogP contribution in [0.1, 0.15) is 50.3 Å². The van der Waals surface area contributed by atoms with Gasteiger partial charge in [0.1, 0.15) is 0 Å². The van der Waals surface area contributed by atoms with Crippen LogP contribution in [-0.4, -0.2) is 16.4 Å². The van der Waals surface area contributed by atoms with Gasteiger partial charge in [0.05, 0.1) is 0 Å². The molecule has 2 atom stereocenters. The zero-order valence-corrected chi connectivity index (χ0v) is 15.1. The Morgan fingerprint density at radius 1 is 1.12 bits per heavy atom. The van der Waals surface area contributed by atoms with Crippen molar-refractivity contribution in [3.8, 4) is 0 Å². The second-order valence-corrected chi connectivity index (χ2v) is 6.79. The van der Waals surface area contributed by atoms with Crippen molar-refractivity contribution in [2.45, 2.75) is 44.7 Å². The zero-order valence-electron chi connectivity index (χ0n) is 14.2. The Bertz CT molecular complexity index is 686. The lowest BCUT2D eigenvalue weighted by Crippen LogP contribution is -2.37. The van der Waals surface area contributed by atoms with E-state index in [0.717, 1.165) is 12.1 Å². The van der Waals surface area contributed by atoms with Crippen molar-refractivity contribution in [2.24, 2.45) is 0 Å². The van der Waals surface area contributed by atoms with Crippen molar-refractivity contribution >= 4 is 24.0 Å². The molecule has 5 heteroatoms. The molecule has 1 amide bonds. The van der Waals surface area contributed by atoms with E-state index in [-0.39, 0.29) is 23.9 Å². The van der Waals surface area contributed by atoms with Crippen molar-refractivity contribution in [1.29, 1.82) is 0 Å². The molecule has 1 aliphatic rings. The maximum absolute atomic E-state index is 11.1. The zero-order chi connectivity index (χ0) is 16.4. The molecular weight excluding hydrogens is 322 g/mol. The Morgan fingerprint density at radius 3 is 2.33 bits per heavy atom. The minimum Gasteiger partial charge on any atom is -0.326 e. The highest BCUT2D eigenvalue weighted by molar-refractivity contribution is 5.88. The fourth-order valence-corrected chi connectivity index (χ4v) is 3.51. The number of aromatic nitrogens is 1. The summed E-state index contributed by atoms with van der Waals surface area (Å²) in [7, 11) is 0. The van der Waals surface area contributed by atoms with Crippen molar-refractivity contribution in [3.05, 3.63) is 59.9 Å². The quantitative estimate of drug-likeness (QED) is 0.882. The van der Waals surface area contributed by atoms with Gasteiger partial charge in [0.2, 0.25) is 5.91 Å². The first-order valence-corrected chi connectivity index (χ1v) is 8.01. The van der Waals surface area contributed by atoms with Crippen molar-refractivity contribution in [3.63, 3.8) is 0 Å². The molecule has 0 radical (unpaired) electrons. The molecule has 1 saturated heterocycles. The van der Waals surface area contributed by atoms with Gasteiger partial charge in [0.25, 0.3) is 0 Å². The fraction of sp³-hybridized carbons (Fsp3) is 0.368. The summed E-state index contributed by atoms with van der Waals surface area (Å²) in [6.07, 6.45) is 4.78. The summed E-state index contributed by atoms with van der Waals surface area (Å²) < 4.78 is 0. The summed E-state index contributed by atoms with van der Waals surface area (Å²) in [6.45, 7) is 6.03. The standard InChI is InChI=1S/C19H23N3O.ClH/c1-13(23)21-16-6-4-15(5-7-16)18-12-17(19(2,3)22-18)14-8-10-20-11-9-14;/h4-11,17-18,22H,12H2,1-3H3,(H,21,23);1H. The van der Waals surface area contributed by atoms with Gasteiger partial charge in [-0.15, -0.1) is 12.4 Å². The average molecular weight is 346 g/mol. The SMILES string of the molecule is CC(=O)Nc1ccc(C2CC(c3ccncc3)C(C)(C)N2)cc1.Cl. The minimum atomic E-state index is -0.0457. The number of carbonyl (C=O) groups is 1. The lowest BCUT2D eigenvalue weighted by molar-refractivity contribution is -0.114. The summed E-state index contributed by atoms with van der Waals surface area (Å²) in [5.74, 6) is 0.404. The third kappa shape index (κ3) is 3.94. The van der Waals surface area contributed by atoms with E-state index in [1.807, 2.05) is 24.5 Å². The Hall–Kier alpha value is -1.91. The van der Waals surface area contributed by atoms with E-state index in [1.165, 1.54) is 18.1 Å². The van der Waals surface area contributed by atoms with Crippen LogP contribution in [0.15, 0.2) is 48.8 Å². The molecule has 0 bridgehead atoms. The van der Waals surface area contributed by atoms with Gasteiger partial charge in [-0.2, -0.15) is 0 Å². The van der Waals surface area contributed by atoms with E-state index in [1.54, 1.807) is 0 Å². The van der Waals surface area contributed by atoms with Crippen LogP contribution < -0.4 is 10.6 Å². The summed E-state index contributed by atoms with van der Waals surface area (Å²) >= 11 is 0. The smallest absolute Gasteiger partial charge is 0.221 e. The maximum Gasteiger partial charge on any atom is 0.221 e. The number of nitrogens with one attached hydrogen (secondary N) is 2. The number of hydrogen-bond acceptors (Lipinski definition) is 3. The molecule has 0 saturated carbocycles. The van der Waals surface area contributed by atoms with E-state index >= 15 is 0 Å². The minimum absolute atomic E-state index is 0. The Labute approximate surface area is 149 Å². The monoisotopic (exact) mass is 345 g/mol. The number of hydrogen-bond donors (Lipinski definition) is 2. The first kappa shape index (κ1) is 18.4. The predicted octanol–water partition coefficient (Wildman–Crippen LogP) is 4.06. The molecule has 1 aromatic heterocycles. The fourth-order valence-electron chi connectivity index (χ4n) is 3.51. The van der Waals surface area contributed by atoms with Crippen LogP contribution >= 0.6 is 12.4 Å². The van der Waals surface area contributed by atoms with Gasteiger partial charge in [-0.25, -0.2) is 0 Å². The number of nitrogens with zero attached hydrogens (tertiary/aromatic N) is 1. The normalized spacial score (nSPS) is 21.8. The van der Waals surface area contributed by atoms with Crippen LogP contribution in [0, 0.1) is 0 Å². The van der Waals surface area contributed by atoms with Gasteiger partial charge >= 0.3 is 0 Å². The van der Waals surface area contributed by atoms with Gasteiger partial charge in [0.15, 0.2) is 0 Å². The van der Waals surface area contributed by atoms with E-state index in [4.69, 9.17) is 0 Å². The van der Waals surface area contributed by atoms with E-state index < -0.39 is 0 Å². The topological polar surface area (TPSA) is 54.0 Å². The molecule has 1 fully saturated rings. The number of pyridine rings is 1. The Balaban J connectivity index is 0.00000208. The second-order valence-electron chi connectivity index (χ2n) is 6.79. The number of halogens is 1. The van der Waals surface area contributed by atoms with Gasteiger partial charge in [-0.3, -0.25) is 9.78 Å². The van der Waals surface area contributed by atoms with Crippen molar-refractivity contribution in [2.75, 3.05) is 5.32 Å². The molecule has 2 aromatic rings. The number of amides is 1. The maximum atomic E-state index is 11.1. The molecule has 1 aliphatic heterocycles. The van der Waals surface area contributed by atoms with E-state index in [0.29, 0.717) is 12.0 Å². The van der Waals surface area contributed by atoms with Crippen LogP contribution in [0.4, 0.5) is 5.69 Å². The van der Waals surface area contributed by atoms with Gasteiger partial charge in [-0.05, 0) is 55.7 Å². The summed E-state index contributed by atoms with van der Waals surface area (Å²) in [5, 5.41) is 6.55. The molecular formula is C19H24ClN3O. The van der Waals surface area contributed by atoms with Crippen LogP contribution in [0.5, 0.6) is 0 Å². The molecule has 0 aliphatic carbocycles. The Morgan fingerprint density at radius 2 is 1.75 bits per heavy atom. The van der Waals surface area contributed by atoms with Gasteiger partial charge in [-0.1, -0.05) is 12.1 Å². The molecule has 3 rings (SSSR count). The molecule has 1 aromatic carbocycles. The predicted molar refractivity (Wildman–Crippen MR) is 99.5 cm³/mol. The van der Waals surface area contributed by atoms with Crippen molar-refractivity contribution < 1.29 is 4.79 Å². The molecule has 128 valence electrons. The highest BCUT2D eigenvalue weighted by Crippen LogP contribution is 2.43. The lowest BCUT2D eigenvalue weighted by atomic mass is 9.83. The number of anilines is 1. The van der Waals surface area contributed by atoms with Crippen molar-refractivity contribution in [1.82, 2.24) is 10.3 Å². The molecule has 2 N–H and O–H groups in total. The van der Waals surface area contributed by atoms with Gasteiger partial charge in [0, 0.05) is 42.5 Å². The summed E-state index contributed by atoms with van der Waals surface area (Å²) in [5.41, 5.74) is 3.45. The van der Waals surface area contributed by atoms with Crippen LogP contribution in [0.25, 0.3) is 0 Å². The van der Waals surface area contributed by atoms with E-state index in [9.17, 15) is 4.79 Å². The van der Waals surface area contributed by atoms with Crippen LogP contribution in [0.2, 0.25) is 0 Å². The molecule has 2 heterocycles. The molecule has 4 nitrogen and oxygen atoms in total. The Kier molecular flexibility index (Phi) is 5.62. The summed E-state index contributed by atoms with van der Waals surface area (Å²) in [4.78, 5) is 15.2. The molecule has 0 spiro atoms. The molecule has 2 unspecified atom stereocenters. The van der Waals surface area contributed by atoms with Crippen LogP contribution in [-0.2, 0) is 4.79 Å². The second kappa shape index (κ2) is 7.32. The third-order valence-electron chi connectivity index (χ3n) is 4.63. The van der Waals surface area contributed by atoms with Gasteiger partial charge < -0.3 is 10.6 Å². The van der Waals surface area contributed by atoms with Crippen LogP contribution in [0.3, 0.4) is 0 Å². The van der Waals surface area contributed by atoms with E-state index in [2.05, 4.69) is 53.7 Å². The number of carbonyl (C=O) groups excluding carboxylic acids is 1. The summed E-state index contributed by atoms with van der Waals surface area (Å²) in [6, 6.07) is 12.6.